The molecule has 0 spiro atoms. The van der Waals surface area contributed by atoms with E-state index in [1.54, 1.807) is 0 Å². The van der Waals surface area contributed by atoms with Crippen LogP contribution < -0.4 is 5.73 Å². The normalized spacial score (nSPS) is 37.8. The van der Waals surface area contributed by atoms with Crippen LogP contribution in [0.3, 0.4) is 0 Å². The van der Waals surface area contributed by atoms with Crippen LogP contribution >= 0.6 is 0 Å². The number of carbonyl (C=O) groups excluding carboxylic acids is 1. The molecule has 4 nitrogen and oxygen atoms in total. The van der Waals surface area contributed by atoms with Gasteiger partial charge in [0, 0.05) is 18.5 Å². The second-order valence-corrected chi connectivity index (χ2v) is 7.07. The van der Waals surface area contributed by atoms with Crippen LogP contribution in [-0.4, -0.2) is 42.6 Å². The lowest BCUT2D eigenvalue weighted by atomic mass is 9.60. The molecule has 0 bridgehead atoms. The molecule has 1 saturated carbocycles. The zero-order valence-electron chi connectivity index (χ0n) is 13.4. The van der Waals surface area contributed by atoms with Gasteiger partial charge < -0.3 is 15.4 Å². The lowest BCUT2D eigenvalue weighted by Gasteiger charge is -2.48. The molecule has 20 heavy (non-hydrogen) atoms. The van der Waals surface area contributed by atoms with E-state index in [0.717, 1.165) is 25.8 Å². The van der Waals surface area contributed by atoms with Crippen LogP contribution in [-0.2, 0) is 9.53 Å². The first-order valence-corrected chi connectivity index (χ1v) is 8.03. The highest BCUT2D eigenvalue weighted by Crippen LogP contribution is 2.45. The van der Waals surface area contributed by atoms with E-state index < -0.39 is 0 Å². The fourth-order valence-electron chi connectivity index (χ4n) is 3.78. The summed E-state index contributed by atoms with van der Waals surface area (Å²) in [6, 6.07) is 0.471. The van der Waals surface area contributed by atoms with E-state index in [4.69, 9.17) is 10.5 Å². The minimum atomic E-state index is -0.0225. The Labute approximate surface area is 123 Å². The fourth-order valence-corrected chi connectivity index (χ4v) is 3.78. The van der Waals surface area contributed by atoms with E-state index >= 15 is 0 Å². The van der Waals surface area contributed by atoms with Crippen LogP contribution in [0.4, 0.5) is 0 Å². The highest BCUT2D eigenvalue weighted by Gasteiger charge is 2.47. The molecule has 4 heteroatoms. The first kappa shape index (κ1) is 15.8. The van der Waals surface area contributed by atoms with Crippen LogP contribution in [0.15, 0.2) is 0 Å². The summed E-state index contributed by atoms with van der Waals surface area (Å²) in [7, 11) is 0. The molecule has 2 N–H and O–H groups in total. The molecule has 0 aromatic rings. The van der Waals surface area contributed by atoms with Crippen molar-refractivity contribution in [2.24, 2.45) is 23.0 Å². The Hall–Kier alpha value is -0.610. The van der Waals surface area contributed by atoms with Crippen molar-refractivity contribution in [3.63, 3.8) is 0 Å². The second-order valence-electron chi connectivity index (χ2n) is 7.07. The lowest BCUT2D eigenvalue weighted by molar-refractivity contribution is -0.152. The molecule has 0 radical (unpaired) electrons. The monoisotopic (exact) mass is 282 g/mol. The van der Waals surface area contributed by atoms with Gasteiger partial charge in [0.2, 0.25) is 5.91 Å². The van der Waals surface area contributed by atoms with Gasteiger partial charge in [-0.2, -0.15) is 0 Å². The lowest BCUT2D eigenvalue weighted by Crippen LogP contribution is -2.56. The molecular weight excluding hydrogens is 252 g/mol. The maximum Gasteiger partial charge on any atom is 0.226 e. The Morgan fingerprint density at radius 1 is 1.40 bits per heavy atom. The third kappa shape index (κ3) is 2.73. The summed E-state index contributed by atoms with van der Waals surface area (Å²) in [5, 5.41) is 0. The van der Waals surface area contributed by atoms with Crippen LogP contribution in [0.25, 0.3) is 0 Å². The molecule has 1 heterocycles. The average molecular weight is 282 g/mol. The van der Waals surface area contributed by atoms with E-state index in [9.17, 15) is 4.79 Å². The van der Waals surface area contributed by atoms with Gasteiger partial charge in [0.25, 0.3) is 0 Å². The topological polar surface area (TPSA) is 55.6 Å². The predicted octanol–water partition coefficient (Wildman–Crippen LogP) is 2.02. The first-order chi connectivity index (χ1) is 9.39. The number of amides is 1. The average Bonchev–Trinajstić information content (AvgIpc) is 2.44. The van der Waals surface area contributed by atoms with Gasteiger partial charge in [0.05, 0.1) is 19.3 Å². The van der Waals surface area contributed by atoms with Gasteiger partial charge in [-0.25, -0.2) is 0 Å². The predicted molar refractivity (Wildman–Crippen MR) is 80.3 cm³/mol. The maximum atomic E-state index is 13.0. The maximum absolute atomic E-state index is 13.0. The van der Waals surface area contributed by atoms with Crippen LogP contribution in [0.2, 0.25) is 0 Å². The Kier molecular flexibility index (Phi) is 4.75. The number of ether oxygens (including phenoxy) is 1. The summed E-state index contributed by atoms with van der Waals surface area (Å²) in [5.41, 5.74) is 6.18. The molecule has 2 aliphatic rings. The standard InChI is InChI=1S/C16H30N2O2/c1-5-12-10-20-9-8-18(12)15(19)13-6-7-14(17)11(2)16(13,3)4/h11-14H,5-10,17H2,1-4H3. The summed E-state index contributed by atoms with van der Waals surface area (Å²) in [6.07, 6.45) is 2.85. The van der Waals surface area contributed by atoms with Crippen molar-refractivity contribution in [2.45, 2.75) is 59.0 Å². The van der Waals surface area contributed by atoms with Crippen LogP contribution in [0.5, 0.6) is 0 Å². The SMILES string of the molecule is CCC1COCCN1C(=O)C1CCC(N)C(C)C1(C)C. The molecule has 0 aromatic carbocycles. The van der Waals surface area contributed by atoms with Gasteiger partial charge in [-0.05, 0) is 30.6 Å². The number of carbonyl (C=O) groups is 1. The summed E-state index contributed by atoms with van der Waals surface area (Å²) in [6.45, 7) is 10.8. The first-order valence-electron chi connectivity index (χ1n) is 8.03. The number of hydrogen-bond acceptors (Lipinski definition) is 3. The van der Waals surface area contributed by atoms with E-state index in [1.165, 1.54) is 0 Å². The van der Waals surface area contributed by atoms with Crippen molar-refractivity contribution >= 4 is 5.91 Å². The van der Waals surface area contributed by atoms with Crippen LogP contribution in [0, 0.1) is 17.3 Å². The Bertz CT molecular complexity index is 356. The largest absolute Gasteiger partial charge is 0.377 e. The van der Waals surface area contributed by atoms with Gasteiger partial charge in [0.15, 0.2) is 0 Å². The van der Waals surface area contributed by atoms with Crippen molar-refractivity contribution in [3.05, 3.63) is 0 Å². The van der Waals surface area contributed by atoms with E-state index in [2.05, 4.69) is 32.6 Å². The summed E-state index contributed by atoms with van der Waals surface area (Å²) < 4.78 is 5.52. The quantitative estimate of drug-likeness (QED) is 0.843. The van der Waals surface area contributed by atoms with Crippen molar-refractivity contribution < 1.29 is 9.53 Å². The minimum Gasteiger partial charge on any atom is -0.377 e. The molecule has 116 valence electrons. The van der Waals surface area contributed by atoms with E-state index in [0.29, 0.717) is 25.0 Å². The molecule has 1 aliphatic heterocycles. The zero-order chi connectivity index (χ0) is 14.9. The molecular formula is C16H30N2O2. The van der Waals surface area contributed by atoms with Crippen molar-refractivity contribution in [2.75, 3.05) is 19.8 Å². The molecule has 4 unspecified atom stereocenters. The number of hydrogen-bond donors (Lipinski definition) is 1. The van der Waals surface area contributed by atoms with Crippen molar-refractivity contribution in [3.8, 4) is 0 Å². The van der Waals surface area contributed by atoms with Gasteiger partial charge in [-0.3, -0.25) is 4.79 Å². The molecule has 2 fully saturated rings. The fraction of sp³-hybridized carbons (Fsp3) is 0.938. The zero-order valence-corrected chi connectivity index (χ0v) is 13.4. The Morgan fingerprint density at radius 2 is 2.10 bits per heavy atom. The number of nitrogens with two attached hydrogens (primary N) is 1. The molecule has 0 aromatic heterocycles. The van der Waals surface area contributed by atoms with E-state index in [-0.39, 0.29) is 23.4 Å². The molecule has 4 atom stereocenters. The second kappa shape index (κ2) is 6.02. The molecule has 1 saturated heterocycles. The highest BCUT2D eigenvalue weighted by atomic mass is 16.5. The van der Waals surface area contributed by atoms with Crippen molar-refractivity contribution in [1.82, 2.24) is 4.90 Å². The van der Waals surface area contributed by atoms with Gasteiger partial charge in [-0.15, -0.1) is 0 Å². The van der Waals surface area contributed by atoms with Crippen molar-refractivity contribution in [1.29, 1.82) is 0 Å². The molecule has 1 aliphatic carbocycles. The van der Waals surface area contributed by atoms with Gasteiger partial charge in [0.1, 0.15) is 0 Å². The number of rotatable bonds is 2. The summed E-state index contributed by atoms with van der Waals surface area (Å²) >= 11 is 0. The Balaban J connectivity index is 2.15. The molecule has 1 amide bonds. The van der Waals surface area contributed by atoms with Crippen LogP contribution in [0.1, 0.15) is 47.0 Å². The minimum absolute atomic E-state index is 0.0225. The smallest absolute Gasteiger partial charge is 0.226 e. The third-order valence-corrected chi connectivity index (χ3v) is 5.78. The number of morpholine rings is 1. The van der Waals surface area contributed by atoms with E-state index in [1.807, 2.05) is 0 Å². The third-order valence-electron chi connectivity index (χ3n) is 5.78. The number of nitrogens with zero attached hydrogens (tertiary/aromatic N) is 1. The summed E-state index contributed by atoms with van der Waals surface area (Å²) in [5.74, 6) is 0.805. The molecule has 2 rings (SSSR count). The van der Waals surface area contributed by atoms with Gasteiger partial charge in [-0.1, -0.05) is 27.7 Å². The highest BCUT2D eigenvalue weighted by molar-refractivity contribution is 5.80. The Morgan fingerprint density at radius 3 is 2.75 bits per heavy atom. The summed E-state index contributed by atoms with van der Waals surface area (Å²) in [4.78, 5) is 15.1. The van der Waals surface area contributed by atoms with Gasteiger partial charge >= 0.3 is 0 Å².